The van der Waals surface area contributed by atoms with Gasteiger partial charge in [0.05, 0.1) is 26.9 Å². The van der Waals surface area contributed by atoms with E-state index >= 15 is 0 Å². The van der Waals surface area contributed by atoms with Crippen molar-refractivity contribution in [2.24, 2.45) is 0 Å². The number of hydrogen-bond donors (Lipinski definition) is 0. The molecule has 0 N–H and O–H groups in total. The van der Waals surface area contributed by atoms with Crippen molar-refractivity contribution in [1.82, 2.24) is 4.90 Å². The first-order valence-electron chi connectivity index (χ1n) is 7.39. The Hall–Kier alpha value is -0.970. The zero-order valence-corrected chi connectivity index (χ0v) is 13.5. The van der Waals surface area contributed by atoms with Crippen LogP contribution in [0.4, 0.5) is 0 Å². The third-order valence-corrected chi connectivity index (χ3v) is 4.42. The van der Waals surface area contributed by atoms with Crippen molar-refractivity contribution in [1.29, 1.82) is 0 Å². The minimum Gasteiger partial charge on any atom is -0.493 e. The van der Waals surface area contributed by atoms with Crippen LogP contribution < -0.4 is 9.47 Å². The molecule has 1 aromatic rings. The lowest BCUT2D eigenvalue weighted by atomic mass is 9.98. The fourth-order valence-electron chi connectivity index (χ4n) is 3.24. The van der Waals surface area contributed by atoms with Crippen LogP contribution in [-0.4, -0.2) is 44.9 Å². The second-order valence-electron chi connectivity index (χ2n) is 5.58. The molecule has 2 heterocycles. The molecule has 2 aliphatic heterocycles. The number of rotatable bonds is 3. The Morgan fingerprint density at radius 1 is 1.14 bits per heavy atom. The van der Waals surface area contributed by atoms with E-state index in [0.29, 0.717) is 6.04 Å². The zero-order chi connectivity index (χ0) is 13.9. The van der Waals surface area contributed by atoms with Gasteiger partial charge in [0, 0.05) is 12.6 Å². The van der Waals surface area contributed by atoms with Crippen molar-refractivity contribution in [2.75, 3.05) is 33.9 Å². The lowest BCUT2D eigenvalue weighted by molar-refractivity contribution is -0.0767. The predicted octanol–water partition coefficient (Wildman–Crippen LogP) is 3.05. The fourth-order valence-corrected chi connectivity index (χ4v) is 3.24. The van der Waals surface area contributed by atoms with Crippen molar-refractivity contribution < 1.29 is 14.2 Å². The molecule has 118 valence electrons. The van der Waals surface area contributed by atoms with E-state index < -0.39 is 0 Å². The molecule has 2 atom stereocenters. The van der Waals surface area contributed by atoms with E-state index in [1.807, 2.05) is 12.1 Å². The normalized spacial score (nSPS) is 25.6. The largest absolute Gasteiger partial charge is 0.493 e. The highest BCUT2D eigenvalue weighted by Gasteiger charge is 2.31. The van der Waals surface area contributed by atoms with E-state index in [-0.39, 0.29) is 18.5 Å². The lowest BCUT2D eigenvalue weighted by Gasteiger charge is -2.42. The van der Waals surface area contributed by atoms with Crippen LogP contribution in [0.25, 0.3) is 0 Å². The summed E-state index contributed by atoms with van der Waals surface area (Å²) in [6, 6.07) is 6.70. The maximum atomic E-state index is 6.07. The Bertz CT molecular complexity index is 469. The molecule has 2 fully saturated rings. The summed E-state index contributed by atoms with van der Waals surface area (Å²) in [5, 5.41) is 0. The molecule has 0 aliphatic carbocycles. The molecule has 5 heteroatoms. The average molecular weight is 314 g/mol. The van der Waals surface area contributed by atoms with Crippen LogP contribution >= 0.6 is 12.4 Å². The molecule has 0 bridgehead atoms. The van der Waals surface area contributed by atoms with Gasteiger partial charge in [0.2, 0.25) is 0 Å². The number of piperidine rings is 1. The molecule has 21 heavy (non-hydrogen) atoms. The quantitative estimate of drug-likeness (QED) is 0.858. The molecule has 4 nitrogen and oxygen atoms in total. The smallest absolute Gasteiger partial charge is 0.161 e. The standard InChI is InChI=1S/C16H23NO3.ClH/c1-18-14-7-6-12(9-15(14)19-2)16-10-17-8-4-3-5-13(17)11-20-16;/h6-7,9,13,16H,3-5,8,10-11H2,1-2H3;1H. The minimum absolute atomic E-state index is 0. The van der Waals surface area contributed by atoms with Crippen LogP contribution in [0.2, 0.25) is 0 Å². The van der Waals surface area contributed by atoms with E-state index in [9.17, 15) is 0 Å². The monoisotopic (exact) mass is 313 g/mol. The molecule has 0 saturated carbocycles. The summed E-state index contributed by atoms with van der Waals surface area (Å²) in [5.74, 6) is 1.54. The van der Waals surface area contributed by atoms with Crippen molar-refractivity contribution >= 4 is 12.4 Å². The summed E-state index contributed by atoms with van der Waals surface area (Å²) in [6.45, 7) is 3.04. The van der Waals surface area contributed by atoms with E-state index in [0.717, 1.165) is 24.7 Å². The Labute approximate surface area is 132 Å². The van der Waals surface area contributed by atoms with Gasteiger partial charge >= 0.3 is 0 Å². The molecular formula is C16H24ClNO3. The van der Waals surface area contributed by atoms with Gasteiger partial charge in [0.15, 0.2) is 11.5 Å². The van der Waals surface area contributed by atoms with E-state index in [1.165, 1.54) is 31.4 Å². The number of ether oxygens (including phenoxy) is 3. The second kappa shape index (κ2) is 7.34. The Morgan fingerprint density at radius 3 is 2.71 bits per heavy atom. The maximum absolute atomic E-state index is 6.07. The van der Waals surface area contributed by atoms with E-state index in [1.54, 1.807) is 14.2 Å². The predicted molar refractivity (Wildman–Crippen MR) is 84.7 cm³/mol. The van der Waals surface area contributed by atoms with Gasteiger partial charge in [-0.1, -0.05) is 12.5 Å². The molecule has 3 rings (SSSR count). The maximum Gasteiger partial charge on any atom is 0.161 e. The lowest BCUT2D eigenvalue weighted by Crippen LogP contribution is -2.48. The first-order valence-corrected chi connectivity index (χ1v) is 7.39. The van der Waals surface area contributed by atoms with Crippen LogP contribution in [0.3, 0.4) is 0 Å². The zero-order valence-electron chi connectivity index (χ0n) is 12.7. The summed E-state index contributed by atoms with van der Waals surface area (Å²) in [6.07, 6.45) is 4.07. The van der Waals surface area contributed by atoms with Crippen LogP contribution in [0.1, 0.15) is 30.9 Å². The highest BCUT2D eigenvalue weighted by molar-refractivity contribution is 5.85. The molecule has 1 aromatic carbocycles. The fraction of sp³-hybridized carbons (Fsp3) is 0.625. The van der Waals surface area contributed by atoms with Gasteiger partial charge in [0.25, 0.3) is 0 Å². The molecule has 0 amide bonds. The van der Waals surface area contributed by atoms with Crippen molar-refractivity contribution in [3.05, 3.63) is 23.8 Å². The van der Waals surface area contributed by atoms with Crippen LogP contribution in [-0.2, 0) is 4.74 Å². The Balaban J connectivity index is 0.00000161. The minimum atomic E-state index is 0. The highest BCUT2D eigenvalue weighted by atomic mass is 35.5. The number of benzene rings is 1. The summed E-state index contributed by atoms with van der Waals surface area (Å²) in [7, 11) is 3.33. The van der Waals surface area contributed by atoms with Gasteiger partial charge in [-0.05, 0) is 37.1 Å². The topological polar surface area (TPSA) is 30.9 Å². The van der Waals surface area contributed by atoms with E-state index in [2.05, 4.69) is 11.0 Å². The summed E-state index contributed by atoms with van der Waals surface area (Å²) < 4.78 is 16.7. The highest BCUT2D eigenvalue weighted by Crippen LogP contribution is 2.34. The second-order valence-corrected chi connectivity index (χ2v) is 5.58. The van der Waals surface area contributed by atoms with Crippen LogP contribution in [0.5, 0.6) is 11.5 Å². The molecule has 0 aromatic heterocycles. The van der Waals surface area contributed by atoms with Crippen molar-refractivity contribution in [2.45, 2.75) is 31.4 Å². The third-order valence-electron chi connectivity index (χ3n) is 4.42. The van der Waals surface area contributed by atoms with Gasteiger partial charge in [-0.2, -0.15) is 0 Å². The molecule has 0 spiro atoms. The van der Waals surface area contributed by atoms with Crippen LogP contribution in [0, 0.1) is 0 Å². The van der Waals surface area contributed by atoms with Crippen molar-refractivity contribution in [3.63, 3.8) is 0 Å². The van der Waals surface area contributed by atoms with Gasteiger partial charge in [-0.15, -0.1) is 12.4 Å². The van der Waals surface area contributed by atoms with Gasteiger partial charge < -0.3 is 14.2 Å². The third kappa shape index (κ3) is 3.44. The molecule has 2 aliphatic rings. The van der Waals surface area contributed by atoms with Gasteiger partial charge in [-0.3, -0.25) is 4.90 Å². The number of nitrogens with zero attached hydrogens (tertiary/aromatic N) is 1. The van der Waals surface area contributed by atoms with E-state index in [4.69, 9.17) is 14.2 Å². The molecule has 2 unspecified atom stereocenters. The SMILES string of the molecule is COc1ccc(C2CN3CCCCC3CO2)cc1OC.Cl. The summed E-state index contributed by atoms with van der Waals surface area (Å²) in [5.41, 5.74) is 1.17. The number of fused-ring (bicyclic) bond motifs is 1. The van der Waals surface area contributed by atoms with Crippen molar-refractivity contribution in [3.8, 4) is 11.5 Å². The molecule has 0 radical (unpaired) electrons. The average Bonchev–Trinajstić information content (AvgIpc) is 2.53. The molecular weight excluding hydrogens is 290 g/mol. The Kier molecular flexibility index (Phi) is 5.73. The van der Waals surface area contributed by atoms with Gasteiger partial charge in [-0.25, -0.2) is 0 Å². The number of methoxy groups -OCH3 is 2. The van der Waals surface area contributed by atoms with Crippen LogP contribution in [0.15, 0.2) is 18.2 Å². The summed E-state index contributed by atoms with van der Waals surface area (Å²) in [4.78, 5) is 2.58. The first-order chi connectivity index (χ1) is 9.81. The number of morpholine rings is 1. The first kappa shape index (κ1) is 16.4. The number of hydrogen-bond acceptors (Lipinski definition) is 4. The summed E-state index contributed by atoms with van der Waals surface area (Å²) >= 11 is 0. The number of halogens is 1. The van der Waals surface area contributed by atoms with Gasteiger partial charge in [0.1, 0.15) is 0 Å². The Morgan fingerprint density at radius 2 is 1.95 bits per heavy atom. The molecule has 2 saturated heterocycles.